The quantitative estimate of drug-likeness (QED) is 0.752. The van der Waals surface area contributed by atoms with Crippen LogP contribution in [0, 0.1) is 6.92 Å². The molecule has 2 aromatic rings. The van der Waals surface area contributed by atoms with Crippen molar-refractivity contribution in [1.29, 1.82) is 0 Å². The molecule has 3 rings (SSSR count). The molecule has 0 unspecified atom stereocenters. The largest absolute Gasteiger partial charge is 0.483 e. The molecule has 1 saturated heterocycles. The second kappa shape index (κ2) is 9.51. The topological polar surface area (TPSA) is 44.8 Å². The average molecular weight is 416 g/mol. The van der Waals surface area contributed by atoms with Crippen LogP contribution >= 0.6 is 11.6 Å². The number of hydrogen-bond acceptors (Lipinski definition) is 4. The van der Waals surface area contributed by atoms with Crippen molar-refractivity contribution in [3.63, 3.8) is 0 Å². The third kappa shape index (κ3) is 5.43. The second-order valence-corrected chi connectivity index (χ2v) is 8.37. The summed E-state index contributed by atoms with van der Waals surface area (Å²) in [5, 5.41) is 3.64. The van der Waals surface area contributed by atoms with Crippen LogP contribution in [0.15, 0.2) is 36.4 Å². The second-order valence-electron chi connectivity index (χ2n) is 7.96. The van der Waals surface area contributed by atoms with E-state index in [1.165, 1.54) is 0 Å². The molecule has 1 fully saturated rings. The smallest absolute Gasteiger partial charge is 0.262 e. The first-order valence-corrected chi connectivity index (χ1v) is 10.5. The van der Waals surface area contributed by atoms with Gasteiger partial charge in [0.1, 0.15) is 5.75 Å². The maximum Gasteiger partial charge on any atom is 0.262 e. The maximum atomic E-state index is 12.6. The van der Waals surface area contributed by atoms with Gasteiger partial charge in [-0.15, -0.1) is 0 Å². The van der Waals surface area contributed by atoms with Crippen molar-refractivity contribution in [2.75, 3.05) is 50.1 Å². The molecule has 0 radical (unpaired) electrons. The first kappa shape index (κ1) is 21.5. The van der Waals surface area contributed by atoms with Crippen molar-refractivity contribution in [2.24, 2.45) is 0 Å². The van der Waals surface area contributed by atoms with Crippen LogP contribution in [0.1, 0.15) is 30.9 Å². The van der Waals surface area contributed by atoms with Crippen LogP contribution < -0.4 is 15.0 Å². The third-order valence-electron chi connectivity index (χ3n) is 5.23. The van der Waals surface area contributed by atoms with E-state index in [-0.39, 0.29) is 12.5 Å². The van der Waals surface area contributed by atoms with Crippen molar-refractivity contribution in [2.45, 2.75) is 26.7 Å². The van der Waals surface area contributed by atoms with E-state index >= 15 is 0 Å². The number of hydrogen-bond donors (Lipinski definition) is 1. The van der Waals surface area contributed by atoms with E-state index < -0.39 is 0 Å². The Bertz CT molecular complexity index is 861. The Morgan fingerprint density at radius 2 is 1.90 bits per heavy atom. The minimum absolute atomic E-state index is 0.0438. The van der Waals surface area contributed by atoms with Crippen LogP contribution in [-0.2, 0) is 4.79 Å². The first-order chi connectivity index (χ1) is 13.8. The van der Waals surface area contributed by atoms with E-state index in [0.717, 1.165) is 54.4 Å². The standard InChI is InChI=1S/C23H30ClN3O2/c1-16(2)18-9-8-17(3)14-21(18)29-15-22(28)25-20-7-5-6-19(24)23(20)27-12-10-26(4)11-13-27/h5-9,14,16H,10-13,15H2,1-4H3,(H,25,28). The molecule has 1 aliphatic heterocycles. The lowest BCUT2D eigenvalue weighted by Crippen LogP contribution is -2.45. The molecule has 5 nitrogen and oxygen atoms in total. The zero-order valence-electron chi connectivity index (χ0n) is 17.7. The van der Waals surface area contributed by atoms with Gasteiger partial charge in [-0.05, 0) is 49.2 Å². The van der Waals surface area contributed by atoms with Crippen molar-refractivity contribution in [1.82, 2.24) is 4.90 Å². The van der Waals surface area contributed by atoms with Gasteiger partial charge in [0.2, 0.25) is 0 Å². The molecule has 0 atom stereocenters. The molecule has 0 saturated carbocycles. The van der Waals surface area contributed by atoms with E-state index in [4.69, 9.17) is 16.3 Å². The Labute approximate surface area is 178 Å². The van der Waals surface area contributed by atoms with Gasteiger partial charge in [-0.1, -0.05) is 43.6 Å². The fourth-order valence-electron chi connectivity index (χ4n) is 3.54. The van der Waals surface area contributed by atoms with Crippen LogP contribution in [0.5, 0.6) is 5.75 Å². The van der Waals surface area contributed by atoms with Gasteiger partial charge in [0.15, 0.2) is 6.61 Å². The van der Waals surface area contributed by atoms with Crippen molar-refractivity contribution >= 4 is 28.9 Å². The van der Waals surface area contributed by atoms with Gasteiger partial charge in [-0.3, -0.25) is 4.79 Å². The molecular formula is C23H30ClN3O2. The van der Waals surface area contributed by atoms with Crippen LogP contribution in [0.3, 0.4) is 0 Å². The Morgan fingerprint density at radius 3 is 2.59 bits per heavy atom. The predicted octanol–water partition coefficient (Wildman–Crippen LogP) is 4.54. The Hall–Kier alpha value is -2.24. The molecule has 0 bridgehead atoms. The summed E-state index contributed by atoms with van der Waals surface area (Å²) in [4.78, 5) is 17.2. The molecule has 2 aromatic carbocycles. The van der Waals surface area contributed by atoms with Gasteiger partial charge < -0.3 is 19.9 Å². The van der Waals surface area contributed by atoms with Gasteiger partial charge in [-0.2, -0.15) is 0 Å². The number of nitrogens with one attached hydrogen (secondary N) is 1. The van der Waals surface area contributed by atoms with Crippen LogP contribution in [0.2, 0.25) is 5.02 Å². The fourth-order valence-corrected chi connectivity index (χ4v) is 3.83. The molecule has 156 valence electrons. The third-order valence-corrected chi connectivity index (χ3v) is 5.54. The van der Waals surface area contributed by atoms with E-state index in [9.17, 15) is 4.79 Å². The van der Waals surface area contributed by atoms with Gasteiger partial charge in [0, 0.05) is 26.2 Å². The number of carbonyl (C=O) groups is 1. The number of benzene rings is 2. The highest BCUT2D eigenvalue weighted by Gasteiger charge is 2.21. The van der Waals surface area contributed by atoms with Crippen LogP contribution in [-0.4, -0.2) is 50.6 Å². The molecular weight excluding hydrogens is 386 g/mol. The van der Waals surface area contributed by atoms with Gasteiger partial charge in [0.05, 0.1) is 16.4 Å². The maximum absolute atomic E-state index is 12.6. The number of likely N-dealkylation sites (N-methyl/N-ethyl adjacent to an activating group) is 1. The molecule has 6 heteroatoms. The average Bonchev–Trinajstić information content (AvgIpc) is 2.67. The van der Waals surface area contributed by atoms with Crippen LogP contribution in [0.4, 0.5) is 11.4 Å². The highest BCUT2D eigenvalue weighted by atomic mass is 35.5. The Kier molecular flexibility index (Phi) is 7.04. The van der Waals surface area contributed by atoms with Crippen molar-refractivity contribution < 1.29 is 9.53 Å². The minimum Gasteiger partial charge on any atom is -0.483 e. The fraction of sp³-hybridized carbons (Fsp3) is 0.435. The number of piperazine rings is 1. The molecule has 0 spiro atoms. The zero-order chi connectivity index (χ0) is 21.0. The number of carbonyl (C=O) groups excluding carboxylic acids is 1. The molecule has 1 N–H and O–H groups in total. The van der Waals surface area contributed by atoms with Gasteiger partial charge in [-0.25, -0.2) is 0 Å². The summed E-state index contributed by atoms with van der Waals surface area (Å²) in [7, 11) is 2.11. The predicted molar refractivity (Wildman–Crippen MR) is 121 cm³/mol. The summed E-state index contributed by atoms with van der Waals surface area (Å²) >= 11 is 6.49. The van der Waals surface area contributed by atoms with Crippen molar-refractivity contribution in [3.05, 3.63) is 52.5 Å². The summed E-state index contributed by atoms with van der Waals surface area (Å²) in [6.45, 7) is 9.89. The molecule has 1 aliphatic rings. The van der Waals surface area contributed by atoms with Crippen LogP contribution in [0.25, 0.3) is 0 Å². The lowest BCUT2D eigenvalue weighted by Gasteiger charge is -2.35. The number of ether oxygens (including phenoxy) is 1. The van der Waals surface area contributed by atoms with E-state index in [1.807, 2.05) is 31.2 Å². The molecule has 0 aromatic heterocycles. The Balaban J connectivity index is 1.70. The Morgan fingerprint density at radius 1 is 1.17 bits per heavy atom. The summed E-state index contributed by atoms with van der Waals surface area (Å²) < 4.78 is 5.88. The summed E-state index contributed by atoms with van der Waals surface area (Å²) in [6, 6.07) is 11.7. The number of para-hydroxylation sites is 1. The number of rotatable bonds is 6. The van der Waals surface area contributed by atoms with Crippen molar-refractivity contribution in [3.8, 4) is 5.75 Å². The molecule has 1 heterocycles. The first-order valence-electron chi connectivity index (χ1n) is 10.1. The lowest BCUT2D eigenvalue weighted by molar-refractivity contribution is -0.118. The lowest BCUT2D eigenvalue weighted by atomic mass is 10.0. The van der Waals surface area contributed by atoms with E-state index in [2.05, 4.69) is 48.1 Å². The van der Waals surface area contributed by atoms with Gasteiger partial charge in [0.25, 0.3) is 5.91 Å². The highest BCUT2D eigenvalue weighted by Crippen LogP contribution is 2.34. The SMILES string of the molecule is Cc1ccc(C(C)C)c(OCC(=O)Nc2cccc(Cl)c2N2CCN(C)CC2)c1. The monoisotopic (exact) mass is 415 g/mol. The highest BCUT2D eigenvalue weighted by molar-refractivity contribution is 6.34. The van der Waals surface area contributed by atoms with Gasteiger partial charge >= 0.3 is 0 Å². The number of nitrogens with zero attached hydrogens (tertiary/aromatic N) is 2. The number of halogens is 1. The van der Waals surface area contributed by atoms with E-state index in [0.29, 0.717) is 10.9 Å². The number of anilines is 2. The summed E-state index contributed by atoms with van der Waals surface area (Å²) in [6.07, 6.45) is 0. The number of amides is 1. The zero-order valence-corrected chi connectivity index (χ0v) is 18.4. The summed E-state index contributed by atoms with van der Waals surface area (Å²) in [5.41, 5.74) is 3.82. The minimum atomic E-state index is -0.196. The summed E-state index contributed by atoms with van der Waals surface area (Å²) in [5.74, 6) is 0.893. The van der Waals surface area contributed by atoms with E-state index in [1.54, 1.807) is 0 Å². The molecule has 0 aliphatic carbocycles. The number of aryl methyl sites for hydroxylation is 1. The normalized spacial score (nSPS) is 14.9. The molecule has 29 heavy (non-hydrogen) atoms. The molecule has 1 amide bonds.